The average molecular weight is 499 g/mol. The van der Waals surface area contributed by atoms with Crippen LogP contribution in [-0.2, 0) is 13.0 Å². The van der Waals surface area contributed by atoms with Gasteiger partial charge in [-0.2, -0.15) is 0 Å². The van der Waals surface area contributed by atoms with Gasteiger partial charge >= 0.3 is 0 Å². The summed E-state index contributed by atoms with van der Waals surface area (Å²) in [6.07, 6.45) is 5.70. The van der Waals surface area contributed by atoms with Crippen molar-refractivity contribution in [2.24, 2.45) is 5.92 Å². The second-order valence-electron chi connectivity index (χ2n) is 10.2. The van der Waals surface area contributed by atoms with Crippen molar-refractivity contribution >= 4 is 5.91 Å². The number of hydrogen-bond donors (Lipinski definition) is 1. The maximum Gasteiger partial charge on any atom is 0.273 e. The molecule has 192 valence electrons. The van der Waals surface area contributed by atoms with E-state index in [-0.39, 0.29) is 11.7 Å². The van der Waals surface area contributed by atoms with Crippen LogP contribution in [0.3, 0.4) is 0 Å². The molecule has 0 spiro atoms. The molecule has 5 rings (SSSR count). The quantitative estimate of drug-likeness (QED) is 0.481. The first kappa shape index (κ1) is 25.2. The van der Waals surface area contributed by atoms with Crippen molar-refractivity contribution in [2.75, 3.05) is 32.7 Å². The molecule has 2 aliphatic rings. The Morgan fingerprint density at radius 2 is 1.73 bits per heavy atom. The molecular formula is C31H35FN4O. The zero-order valence-corrected chi connectivity index (χ0v) is 21.3. The fourth-order valence-corrected chi connectivity index (χ4v) is 5.38. The molecule has 0 radical (unpaired) electrons. The Labute approximate surface area is 219 Å². The summed E-state index contributed by atoms with van der Waals surface area (Å²) in [6.45, 7) is 9.23. The van der Waals surface area contributed by atoms with Crippen LogP contribution in [0.25, 0.3) is 11.1 Å². The molecule has 3 aromatic rings. The maximum atomic E-state index is 13.5. The van der Waals surface area contributed by atoms with Crippen molar-refractivity contribution in [3.8, 4) is 11.1 Å². The molecule has 6 heteroatoms. The zero-order valence-electron chi connectivity index (χ0n) is 21.3. The fourth-order valence-electron chi connectivity index (χ4n) is 5.38. The lowest BCUT2D eigenvalue weighted by Gasteiger charge is -2.32. The Hall–Kier alpha value is -3.51. The van der Waals surface area contributed by atoms with Crippen molar-refractivity contribution in [2.45, 2.75) is 32.2 Å². The van der Waals surface area contributed by atoms with Gasteiger partial charge in [0.05, 0.1) is 0 Å². The largest absolute Gasteiger partial charge is 0.386 e. The summed E-state index contributed by atoms with van der Waals surface area (Å²) in [6, 6.07) is 19.2. The molecule has 3 heterocycles. The van der Waals surface area contributed by atoms with Crippen molar-refractivity contribution in [3.63, 3.8) is 0 Å². The number of piperidine rings is 1. The van der Waals surface area contributed by atoms with Gasteiger partial charge < -0.3 is 10.2 Å². The Bertz CT molecular complexity index is 1220. The lowest BCUT2D eigenvalue weighted by Crippen LogP contribution is -2.41. The van der Waals surface area contributed by atoms with Gasteiger partial charge in [-0.05, 0) is 66.5 Å². The highest BCUT2D eigenvalue weighted by molar-refractivity contribution is 5.99. The molecule has 1 aromatic heterocycles. The van der Waals surface area contributed by atoms with Crippen LogP contribution in [0.4, 0.5) is 4.39 Å². The van der Waals surface area contributed by atoms with E-state index >= 15 is 0 Å². The van der Waals surface area contributed by atoms with Gasteiger partial charge in [0.1, 0.15) is 11.5 Å². The molecule has 5 nitrogen and oxygen atoms in total. The molecule has 37 heavy (non-hydrogen) atoms. The van der Waals surface area contributed by atoms with Crippen LogP contribution in [0.1, 0.15) is 40.9 Å². The molecule has 0 unspecified atom stereocenters. The molecule has 2 aliphatic heterocycles. The van der Waals surface area contributed by atoms with Crippen molar-refractivity contribution < 1.29 is 9.18 Å². The molecule has 2 saturated heterocycles. The van der Waals surface area contributed by atoms with Gasteiger partial charge in [0.15, 0.2) is 0 Å². The highest BCUT2D eigenvalue weighted by atomic mass is 19.1. The maximum absolute atomic E-state index is 13.5. The number of rotatable bonds is 7. The number of aryl methyl sites for hydroxylation is 1. The van der Waals surface area contributed by atoms with Crippen LogP contribution in [0.15, 0.2) is 79.1 Å². The average Bonchev–Trinajstić information content (AvgIpc) is 2.93. The summed E-state index contributed by atoms with van der Waals surface area (Å²) in [5, 5.41) is 3.30. The number of carbonyl (C=O) groups is 1. The molecule has 1 amide bonds. The van der Waals surface area contributed by atoms with Crippen molar-refractivity contribution in [1.29, 1.82) is 0 Å². The smallest absolute Gasteiger partial charge is 0.273 e. The predicted octanol–water partition coefficient (Wildman–Crippen LogP) is 5.29. The minimum atomic E-state index is -0.192. The van der Waals surface area contributed by atoms with E-state index in [1.807, 2.05) is 29.2 Å². The second-order valence-corrected chi connectivity index (χ2v) is 10.2. The number of aromatic nitrogens is 1. The minimum absolute atomic E-state index is 0.0102. The Morgan fingerprint density at radius 3 is 2.46 bits per heavy atom. The molecular weight excluding hydrogens is 463 g/mol. The van der Waals surface area contributed by atoms with Crippen molar-refractivity contribution in [3.05, 3.63) is 102 Å². The SMILES string of the molecule is C=C1CN(Cc2ccc(-c3cccnc3C(=O)N3CCC(CCc4ccc(F)cc4)CC3)cc2)CCN1. The standard InChI is InChI=1S/C31H35FN4O/c1-23-21-35(20-17-33-23)22-26-6-10-27(11-7-26)29-3-2-16-34-30(29)31(37)36-18-14-25(15-19-36)5-4-24-8-12-28(32)13-9-24/h2-3,6-13,16,25,33H,1,4-5,14-15,17-22H2. The fraction of sp³-hybridized carbons (Fsp3) is 0.355. The van der Waals surface area contributed by atoms with Gasteiger partial charge in [0.2, 0.25) is 0 Å². The van der Waals surface area contributed by atoms with Gasteiger partial charge in [0, 0.05) is 56.7 Å². The van der Waals surface area contributed by atoms with E-state index < -0.39 is 0 Å². The van der Waals surface area contributed by atoms with Crippen LogP contribution in [-0.4, -0.2) is 53.4 Å². The highest BCUT2D eigenvalue weighted by Gasteiger charge is 2.26. The summed E-state index contributed by atoms with van der Waals surface area (Å²) < 4.78 is 13.1. The molecule has 0 aliphatic carbocycles. The summed E-state index contributed by atoms with van der Waals surface area (Å²) in [7, 11) is 0. The van der Waals surface area contributed by atoms with E-state index in [0.717, 1.165) is 81.8 Å². The number of pyridine rings is 1. The van der Waals surface area contributed by atoms with Crippen molar-refractivity contribution in [1.82, 2.24) is 20.1 Å². The molecule has 2 aromatic carbocycles. The zero-order chi connectivity index (χ0) is 25.6. The van der Waals surface area contributed by atoms with E-state index in [1.54, 1.807) is 6.20 Å². The monoisotopic (exact) mass is 498 g/mol. The van der Waals surface area contributed by atoms with Gasteiger partial charge in [-0.3, -0.25) is 14.7 Å². The number of halogens is 1. The third kappa shape index (κ3) is 6.44. The summed E-state index contributed by atoms with van der Waals surface area (Å²) >= 11 is 0. The first-order chi connectivity index (χ1) is 18.0. The normalized spacial score (nSPS) is 17.0. The number of amides is 1. The summed E-state index contributed by atoms with van der Waals surface area (Å²) in [5.41, 5.74) is 5.91. The summed E-state index contributed by atoms with van der Waals surface area (Å²) in [5.74, 6) is 0.399. The Kier molecular flexibility index (Phi) is 7.95. The number of piperazine rings is 1. The van der Waals surface area contributed by atoms with Gasteiger partial charge in [-0.25, -0.2) is 4.39 Å². The number of carbonyl (C=O) groups excluding carboxylic acids is 1. The minimum Gasteiger partial charge on any atom is -0.386 e. The molecule has 0 bridgehead atoms. The van der Waals surface area contributed by atoms with E-state index in [2.05, 4.69) is 46.0 Å². The van der Waals surface area contributed by atoms with E-state index in [1.165, 1.54) is 23.3 Å². The van der Waals surface area contributed by atoms with Gasteiger partial charge in [-0.1, -0.05) is 49.0 Å². The predicted molar refractivity (Wildman–Crippen MR) is 145 cm³/mol. The topological polar surface area (TPSA) is 48.5 Å². The lowest BCUT2D eigenvalue weighted by molar-refractivity contribution is 0.0682. The van der Waals surface area contributed by atoms with E-state index in [4.69, 9.17) is 0 Å². The van der Waals surface area contributed by atoms with Gasteiger partial charge in [-0.15, -0.1) is 0 Å². The van der Waals surface area contributed by atoms with Crippen LogP contribution in [0.5, 0.6) is 0 Å². The third-order valence-electron chi connectivity index (χ3n) is 7.56. The Balaban J connectivity index is 1.19. The van der Waals surface area contributed by atoms with Crippen LogP contribution >= 0.6 is 0 Å². The highest BCUT2D eigenvalue weighted by Crippen LogP contribution is 2.27. The first-order valence-corrected chi connectivity index (χ1v) is 13.3. The lowest BCUT2D eigenvalue weighted by atomic mass is 9.90. The molecule has 2 fully saturated rings. The van der Waals surface area contributed by atoms with Gasteiger partial charge in [0.25, 0.3) is 5.91 Å². The van der Waals surface area contributed by atoms with E-state index in [9.17, 15) is 9.18 Å². The van der Waals surface area contributed by atoms with Crippen LogP contribution in [0.2, 0.25) is 0 Å². The number of hydrogen-bond acceptors (Lipinski definition) is 4. The number of nitrogens with zero attached hydrogens (tertiary/aromatic N) is 3. The van der Waals surface area contributed by atoms with Crippen LogP contribution in [0, 0.1) is 11.7 Å². The number of benzene rings is 2. The van der Waals surface area contributed by atoms with Crippen LogP contribution < -0.4 is 5.32 Å². The second kappa shape index (κ2) is 11.7. The number of nitrogens with one attached hydrogen (secondary N) is 1. The number of likely N-dealkylation sites (tertiary alicyclic amines) is 1. The third-order valence-corrected chi connectivity index (χ3v) is 7.56. The first-order valence-electron chi connectivity index (χ1n) is 13.3. The molecule has 0 atom stereocenters. The molecule has 0 saturated carbocycles. The Morgan fingerprint density at radius 1 is 1.00 bits per heavy atom. The van der Waals surface area contributed by atoms with E-state index in [0.29, 0.717) is 11.6 Å². The molecule has 1 N–H and O–H groups in total. The summed E-state index contributed by atoms with van der Waals surface area (Å²) in [4.78, 5) is 22.3.